The molecule has 20 heavy (non-hydrogen) atoms. The van der Waals surface area contributed by atoms with Gasteiger partial charge >= 0.3 is 0 Å². The Morgan fingerprint density at radius 1 is 1.40 bits per heavy atom. The minimum atomic E-state index is 0.433. The number of hydrogen-bond donors (Lipinski definition) is 1. The van der Waals surface area contributed by atoms with Crippen molar-refractivity contribution in [3.8, 4) is 11.5 Å². The summed E-state index contributed by atoms with van der Waals surface area (Å²) in [5.41, 5.74) is 9.10. The molecule has 0 radical (unpaired) electrons. The molecule has 1 aliphatic rings. The highest BCUT2D eigenvalue weighted by Crippen LogP contribution is 2.32. The number of aromatic nitrogens is 1. The zero-order chi connectivity index (χ0) is 13.9. The van der Waals surface area contributed by atoms with Gasteiger partial charge in [-0.2, -0.15) is 0 Å². The lowest BCUT2D eigenvalue weighted by molar-refractivity contribution is 0.220. The van der Waals surface area contributed by atoms with Gasteiger partial charge < -0.3 is 15.2 Å². The quantitative estimate of drug-likeness (QED) is 0.930. The van der Waals surface area contributed by atoms with E-state index in [0.29, 0.717) is 12.5 Å². The fourth-order valence-electron chi connectivity index (χ4n) is 2.59. The first kappa shape index (κ1) is 12.8. The van der Waals surface area contributed by atoms with E-state index in [-0.39, 0.29) is 0 Å². The molecule has 0 spiro atoms. The number of nitrogens with two attached hydrogens (primary N) is 1. The number of nitrogen functional groups attached to an aromatic ring is 1. The van der Waals surface area contributed by atoms with Crippen molar-refractivity contribution in [1.82, 2.24) is 4.98 Å². The molecule has 0 saturated heterocycles. The van der Waals surface area contributed by atoms with Crippen LogP contribution in [0.3, 0.4) is 0 Å². The van der Waals surface area contributed by atoms with Gasteiger partial charge in [0.15, 0.2) is 0 Å². The fourth-order valence-corrected chi connectivity index (χ4v) is 2.59. The SMILES string of the molecule is COc1ccc2c(c1)OC[C@H](Cc1cnccc1N)C2. The van der Waals surface area contributed by atoms with E-state index in [9.17, 15) is 0 Å². The molecule has 3 rings (SSSR count). The lowest BCUT2D eigenvalue weighted by Gasteiger charge is -2.26. The number of ether oxygens (including phenoxy) is 2. The van der Waals surface area contributed by atoms with Crippen LogP contribution < -0.4 is 15.2 Å². The van der Waals surface area contributed by atoms with Crippen LogP contribution in [0.25, 0.3) is 0 Å². The van der Waals surface area contributed by atoms with Crippen LogP contribution in [-0.4, -0.2) is 18.7 Å². The van der Waals surface area contributed by atoms with Crippen LogP contribution in [0.2, 0.25) is 0 Å². The Balaban J connectivity index is 1.74. The van der Waals surface area contributed by atoms with Crippen LogP contribution in [0, 0.1) is 5.92 Å². The average molecular weight is 270 g/mol. The van der Waals surface area contributed by atoms with Crippen LogP contribution in [0.1, 0.15) is 11.1 Å². The van der Waals surface area contributed by atoms with E-state index >= 15 is 0 Å². The molecule has 0 aliphatic carbocycles. The third kappa shape index (κ3) is 2.54. The summed E-state index contributed by atoms with van der Waals surface area (Å²) in [6.45, 7) is 0.703. The maximum absolute atomic E-state index is 5.97. The molecule has 104 valence electrons. The van der Waals surface area contributed by atoms with Gasteiger partial charge in [-0.1, -0.05) is 6.07 Å². The largest absolute Gasteiger partial charge is 0.497 e. The van der Waals surface area contributed by atoms with Crippen molar-refractivity contribution in [2.24, 2.45) is 5.92 Å². The molecule has 1 atom stereocenters. The van der Waals surface area contributed by atoms with Crippen molar-refractivity contribution in [2.45, 2.75) is 12.8 Å². The Bertz CT molecular complexity index is 613. The summed E-state index contributed by atoms with van der Waals surface area (Å²) in [6, 6.07) is 7.84. The smallest absolute Gasteiger partial charge is 0.126 e. The van der Waals surface area contributed by atoms with Gasteiger partial charge in [-0.3, -0.25) is 4.98 Å². The fraction of sp³-hybridized carbons (Fsp3) is 0.312. The Kier molecular flexibility index (Phi) is 3.46. The molecule has 0 unspecified atom stereocenters. The van der Waals surface area contributed by atoms with Gasteiger partial charge in [0.1, 0.15) is 11.5 Å². The van der Waals surface area contributed by atoms with Gasteiger partial charge in [-0.05, 0) is 36.1 Å². The number of benzene rings is 1. The molecule has 1 aromatic heterocycles. The molecule has 0 saturated carbocycles. The van der Waals surface area contributed by atoms with Gasteiger partial charge in [0.05, 0.1) is 13.7 Å². The van der Waals surface area contributed by atoms with Crippen LogP contribution in [-0.2, 0) is 12.8 Å². The van der Waals surface area contributed by atoms with Gasteiger partial charge in [0, 0.05) is 30.1 Å². The second-order valence-electron chi connectivity index (χ2n) is 5.13. The Morgan fingerprint density at radius 2 is 2.30 bits per heavy atom. The summed E-state index contributed by atoms with van der Waals surface area (Å²) < 4.78 is 11.1. The summed E-state index contributed by atoms with van der Waals surface area (Å²) in [4.78, 5) is 4.14. The van der Waals surface area contributed by atoms with Crippen LogP contribution in [0.5, 0.6) is 11.5 Å². The van der Waals surface area contributed by atoms with E-state index in [0.717, 1.165) is 35.6 Å². The molecule has 4 nitrogen and oxygen atoms in total. The van der Waals surface area contributed by atoms with Gasteiger partial charge in [0.2, 0.25) is 0 Å². The summed E-state index contributed by atoms with van der Waals surface area (Å²) in [5, 5.41) is 0. The first-order chi connectivity index (χ1) is 9.76. The topological polar surface area (TPSA) is 57.4 Å². The predicted molar refractivity (Wildman–Crippen MR) is 78.0 cm³/mol. The second kappa shape index (κ2) is 5.41. The van der Waals surface area contributed by atoms with E-state index in [1.807, 2.05) is 24.4 Å². The number of anilines is 1. The second-order valence-corrected chi connectivity index (χ2v) is 5.13. The zero-order valence-corrected chi connectivity index (χ0v) is 11.5. The highest BCUT2D eigenvalue weighted by atomic mass is 16.5. The first-order valence-electron chi connectivity index (χ1n) is 6.74. The van der Waals surface area contributed by atoms with E-state index in [1.54, 1.807) is 13.3 Å². The molecule has 0 fully saturated rings. The number of hydrogen-bond acceptors (Lipinski definition) is 4. The monoisotopic (exact) mass is 270 g/mol. The molecule has 0 amide bonds. The summed E-state index contributed by atoms with van der Waals surface area (Å²) >= 11 is 0. The predicted octanol–water partition coefficient (Wildman–Crippen LogP) is 2.47. The number of fused-ring (bicyclic) bond motifs is 1. The number of pyridine rings is 1. The van der Waals surface area contributed by atoms with E-state index in [1.165, 1.54) is 5.56 Å². The Morgan fingerprint density at radius 3 is 3.10 bits per heavy atom. The number of nitrogens with zero attached hydrogens (tertiary/aromatic N) is 1. The van der Waals surface area contributed by atoms with Crippen LogP contribution in [0.4, 0.5) is 5.69 Å². The third-order valence-corrected chi connectivity index (χ3v) is 3.71. The highest BCUT2D eigenvalue weighted by molar-refractivity contribution is 5.45. The van der Waals surface area contributed by atoms with Gasteiger partial charge in [0.25, 0.3) is 0 Å². The minimum Gasteiger partial charge on any atom is -0.497 e. The van der Waals surface area contributed by atoms with E-state index < -0.39 is 0 Å². The average Bonchev–Trinajstić information content (AvgIpc) is 2.49. The molecule has 4 heteroatoms. The van der Waals surface area contributed by atoms with Gasteiger partial charge in [-0.25, -0.2) is 0 Å². The molecule has 1 aliphatic heterocycles. The Labute approximate surface area is 118 Å². The molecular formula is C16H18N2O2. The zero-order valence-electron chi connectivity index (χ0n) is 11.5. The van der Waals surface area contributed by atoms with Crippen molar-refractivity contribution < 1.29 is 9.47 Å². The molecule has 2 heterocycles. The third-order valence-electron chi connectivity index (χ3n) is 3.71. The van der Waals surface area contributed by atoms with Crippen LogP contribution >= 0.6 is 0 Å². The maximum atomic E-state index is 5.97. The number of rotatable bonds is 3. The minimum absolute atomic E-state index is 0.433. The molecule has 2 N–H and O–H groups in total. The molecule has 0 bridgehead atoms. The first-order valence-corrected chi connectivity index (χ1v) is 6.74. The van der Waals surface area contributed by atoms with Crippen molar-refractivity contribution in [3.05, 3.63) is 47.8 Å². The summed E-state index contributed by atoms with van der Waals surface area (Å²) in [6.07, 6.45) is 5.45. The van der Waals surface area contributed by atoms with Crippen LogP contribution in [0.15, 0.2) is 36.7 Å². The lowest BCUT2D eigenvalue weighted by atomic mass is 9.91. The van der Waals surface area contributed by atoms with Crippen molar-refractivity contribution >= 4 is 5.69 Å². The Hall–Kier alpha value is -2.23. The molecule has 1 aromatic carbocycles. The standard InChI is InChI=1S/C16H18N2O2/c1-19-14-3-2-12-6-11(10-20-16(12)8-14)7-13-9-18-5-4-15(13)17/h2-5,8-9,11H,6-7,10H2,1H3,(H2,17,18)/t11-/m0/s1. The van der Waals surface area contributed by atoms with Crippen molar-refractivity contribution in [1.29, 1.82) is 0 Å². The molecule has 2 aromatic rings. The normalized spacial score (nSPS) is 17.1. The highest BCUT2D eigenvalue weighted by Gasteiger charge is 2.21. The van der Waals surface area contributed by atoms with E-state index in [4.69, 9.17) is 15.2 Å². The summed E-state index contributed by atoms with van der Waals surface area (Å²) in [7, 11) is 1.67. The summed E-state index contributed by atoms with van der Waals surface area (Å²) in [5.74, 6) is 2.20. The molecular weight excluding hydrogens is 252 g/mol. The van der Waals surface area contributed by atoms with E-state index in [2.05, 4.69) is 11.1 Å². The number of methoxy groups -OCH3 is 1. The van der Waals surface area contributed by atoms with Crippen molar-refractivity contribution in [3.63, 3.8) is 0 Å². The lowest BCUT2D eigenvalue weighted by Crippen LogP contribution is -2.23. The van der Waals surface area contributed by atoms with Gasteiger partial charge in [-0.15, -0.1) is 0 Å². The van der Waals surface area contributed by atoms with Crippen molar-refractivity contribution in [2.75, 3.05) is 19.5 Å². The maximum Gasteiger partial charge on any atom is 0.126 e.